The van der Waals surface area contributed by atoms with Crippen LogP contribution in [0.25, 0.3) is 0 Å². The van der Waals surface area contributed by atoms with Gasteiger partial charge in [-0.1, -0.05) is 44.2 Å². The standard InChI is InChI=1S/C11H11.Li.H/c1-11(2)8-7-9-5-3-4-6-10(9)11;;/h3-6,8H,1-2H3;;. The fourth-order valence-corrected chi connectivity index (χ4v) is 1.51. The summed E-state index contributed by atoms with van der Waals surface area (Å²) >= 11 is 0. The summed E-state index contributed by atoms with van der Waals surface area (Å²) in [6, 6.07) is 8.43. The van der Waals surface area contributed by atoms with Crippen molar-refractivity contribution >= 4 is 18.9 Å². The van der Waals surface area contributed by atoms with E-state index in [1.54, 1.807) is 0 Å². The number of rotatable bonds is 0. The Morgan fingerprint density at radius 2 is 1.83 bits per heavy atom. The van der Waals surface area contributed by atoms with Gasteiger partial charge in [0, 0.05) is 5.41 Å². The number of hydrogen-bond acceptors (Lipinski definition) is 0. The van der Waals surface area contributed by atoms with Gasteiger partial charge in [-0.25, -0.2) is 0 Å². The van der Waals surface area contributed by atoms with E-state index < -0.39 is 0 Å². The molecule has 57 valence electrons. The fraction of sp³-hybridized carbons (Fsp3) is 0.273. The Morgan fingerprint density at radius 1 is 1.17 bits per heavy atom. The SMILES string of the molecule is CC1(C)C=[C]c2ccccc21.[LiH]. The zero-order valence-corrected chi connectivity index (χ0v) is 6.89. The quantitative estimate of drug-likeness (QED) is 0.498. The average molecular weight is 151 g/mol. The van der Waals surface area contributed by atoms with Crippen LogP contribution in [-0.4, -0.2) is 18.9 Å². The second kappa shape index (κ2) is 3.13. The molecule has 0 nitrogen and oxygen atoms in total. The van der Waals surface area contributed by atoms with E-state index in [0.29, 0.717) is 0 Å². The number of allylic oxidation sites excluding steroid dienone is 1. The molecular weight excluding hydrogens is 139 g/mol. The van der Waals surface area contributed by atoms with E-state index >= 15 is 0 Å². The molecule has 0 aliphatic heterocycles. The zero-order chi connectivity index (χ0) is 7.90. The van der Waals surface area contributed by atoms with Gasteiger partial charge in [-0.3, -0.25) is 0 Å². The van der Waals surface area contributed by atoms with Crippen LogP contribution in [0.15, 0.2) is 30.3 Å². The summed E-state index contributed by atoms with van der Waals surface area (Å²) in [7, 11) is 0. The molecule has 0 saturated carbocycles. The summed E-state index contributed by atoms with van der Waals surface area (Å²) in [5, 5.41) is 0. The van der Waals surface area contributed by atoms with E-state index in [1.165, 1.54) is 11.1 Å². The van der Waals surface area contributed by atoms with E-state index in [-0.39, 0.29) is 24.3 Å². The molecule has 1 aliphatic rings. The summed E-state index contributed by atoms with van der Waals surface area (Å²) in [6.45, 7) is 4.43. The minimum absolute atomic E-state index is 0. The molecule has 1 aliphatic carbocycles. The van der Waals surface area contributed by atoms with Crippen LogP contribution in [0.5, 0.6) is 0 Å². The molecule has 0 saturated heterocycles. The minimum atomic E-state index is 0. The van der Waals surface area contributed by atoms with Gasteiger partial charge < -0.3 is 0 Å². The summed E-state index contributed by atoms with van der Waals surface area (Å²) in [5.74, 6) is 0. The molecule has 1 aromatic carbocycles. The fourth-order valence-electron chi connectivity index (χ4n) is 1.51. The maximum absolute atomic E-state index is 3.27. The molecule has 0 atom stereocenters. The molecule has 12 heavy (non-hydrogen) atoms. The summed E-state index contributed by atoms with van der Waals surface area (Å²) in [5.41, 5.74) is 2.83. The van der Waals surface area contributed by atoms with E-state index in [2.05, 4.69) is 50.3 Å². The van der Waals surface area contributed by atoms with Crippen molar-refractivity contribution in [2.24, 2.45) is 0 Å². The molecule has 0 spiro atoms. The first-order valence-corrected chi connectivity index (χ1v) is 3.90. The molecule has 0 aromatic heterocycles. The van der Waals surface area contributed by atoms with Crippen molar-refractivity contribution in [1.82, 2.24) is 0 Å². The van der Waals surface area contributed by atoms with Crippen molar-refractivity contribution in [3.63, 3.8) is 0 Å². The summed E-state index contributed by atoms with van der Waals surface area (Å²) in [4.78, 5) is 0. The topological polar surface area (TPSA) is 0 Å². The van der Waals surface area contributed by atoms with Crippen LogP contribution in [0.1, 0.15) is 25.0 Å². The van der Waals surface area contributed by atoms with Crippen LogP contribution in [0.2, 0.25) is 0 Å². The molecule has 0 amide bonds. The van der Waals surface area contributed by atoms with Gasteiger partial charge in [-0.2, -0.15) is 0 Å². The van der Waals surface area contributed by atoms with Gasteiger partial charge in [0.1, 0.15) is 0 Å². The zero-order valence-electron chi connectivity index (χ0n) is 6.89. The molecule has 0 N–H and O–H groups in total. The molecular formula is C11H12Li. The van der Waals surface area contributed by atoms with Crippen molar-refractivity contribution in [3.05, 3.63) is 47.5 Å². The van der Waals surface area contributed by atoms with Gasteiger partial charge in [0.15, 0.2) is 0 Å². The van der Waals surface area contributed by atoms with E-state index in [0.717, 1.165) is 0 Å². The van der Waals surface area contributed by atoms with Gasteiger partial charge in [0.2, 0.25) is 0 Å². The van der Waals surface area contributed by atoms with Gasteiger partial charge in [-0.15, -0.1) is 0 Å². The van der Waals surface area contributed by atoms with E-state index in [1.807, 2.05) is 0 Å². The van der Waals surface area contributed by atoms with Crippen molar-refractivity contribution in [2.45, 2.75) is 19.3 Å². The second-order valence-electron chi connectivity index (χ2n) is 3.56. The molecule has 0 bridgehead atoms. The van der Waals surface area contributed by atoms with Gasteiger partial charge in [-0.05, 0) is 17.2 Å². The molecule has 0 fully saturated rings. The van der Waals surface area contributed by atoms with Crippen molar-refractivity contribution in [1.29, 1.82) is 0 Å². The van der Waals surface area contributed by atoms with E-state index in [4.69, 9.17) is 0 Å². The van der Waals surface area contributed by atoms with Crippen LogP contribution < -0.4 is 0 Å². The second-order valence-corrected chi connectivity index (χ2v) is 3.56. The average Bonchev–Trinajstić information content (AvgIpc) is 2.29. The number of benzene rings is 1. The number of hydrogen-bond donors (Lipinski definition) is 0. The third-order valence-corrected chi connectivity index (χ3v) is 2.21. The molecule has 1 aromatic rings. The van der Waals surface area contributed by atoms with E-state index in [9.17, 15) is 0 Å². The normalized spacial score (nSPS) is 16.8. The third-order valence-electron chi connectivity index (χ3n) is 2.21. The molecule has 0 heterocycles. The summed E-state index contributed by atoms with van der Waals surface area (Å²) in [6.07, 6.45) is 5.40. The molecule has 0 unspecified atom stereocenters. The molecule has 2 rings (SSSR count). The third kappa shape index (κ3) is 1.38. The van der Waals surface area contributed by atoms with Crippen molar-refractivity contribution < 1.29 is 0 Å². The van der Waals surface area contributed by atoms with Gasteiger partial charge in [0.25, 0.3) is 0 Å². The van der Waals surface area contributed by atoms with Crippen LogP contribution in [-0.2, 0) is 5.41 Å². The van der Waals surface area contributed by atoms with Gasteiger partial charge >= 0.3 is 18.9 Å². The monoisotopic (exact) mass is 151 g/mol. The first kappa shape index (κ1) is 9.64. The molecule has 1 heteroatoms. The predicted octanol–water partition coefficient (Wildman–Crippen LogP) is 2.04. The van der Waals surface area contributed by atoms with Gasteiger partial charge in [0.05, 0.1) is 0 Å². The first-order chi connectivity index (χ1) is 5.20. The maximum atomic E-state index is 3.27. The molecule has 1 radical (unpaired) electrons. The number of fused-ring (bicyclic) bond motifs is 1. The van der Waals surface area contributed by atoms with Crippen LogP contribution in [0.4, 0.5) is 0 Å². The van der Waals surface area contributed by atoms with Crippen LogP contribution >= 0.6 is 0 Å². The van der Waals surface area contributed by atoms with Crippen LogP contribution in [0, 0.1) is 6.08 Å². The van der Waals surface area contributed by atoms with Crippen LogP contribution in [0.3, 0.4) is 0 Å². The van der Waals surface area contributed by atoms with Crippen molar-refractivity contribution in [3.8, 4) is 0 Å². The Labute approximate surface area is 85.9 Å². The Balaban J connectivity index is 0.000000720. The Kier molecular flexibility index (Phi) is 2.51. The Bertz CT molecular complexity index is 311. The summed E-state index contributed by atoms with van der Waals surface area (Å²) < 4.78 is 0. The first-order valence-electron chi connectivity index (χ1n) is 3.90. The Morgan fingerprint density at radius 3 is 2.50 bits per heavy atom. The Hall–Kier alpha value is -0.443. The predicted molar refractivity (Wildman–Crippen MR) is 53.5 cm³/mol. The van der Waals surface area contributed by atoms with Crippen molar-refractivity contribution in [2.75, 3.05) is 0 Å².